The Balaban J connectivity index is 2.56. The van der Waals surface area contributed by atoms with Gasteiger partial charge in [0.2, 0.25) is 0 Å². The summed E-state index contributed by atoms with van der Waals surface area (Å²) in [7, 11) is 2.63. The molecule has 1 aromatic heterocycles. The molecular formula is C12H16N2O6. The lowest BCUT2D eigenvalue weighted by molar-refractivity contribution is -0.147. The Hall–Kier alpha value is -2.51. The Morgan fingerprint density at radius 1 is 1.50 bits per heavy atom. The number of carboxylic acids is 1. The van der Waals surface area contributed by atoms with Crippen LogP contribution in [0.3, 0.4) is 0 Å². The molecule has 2 N–H and O–H groups in total. The minimum absolute atomic E-state index is 0.184. The topological polar surface area (TPSA) is 109 Å². The van der Waals surface area contributed by atoms with Crippen LogP contribution in [0.4, 0.5) is 4.79 Å². The van der Waals surface area contributed by atoms with Crippen molar-refractivity contribution in [1.82, 2.24) is 10.2 Å². The Labute approximate surface area is 115 Å². The van der Waals surface area contributed by atoms with E-state index in [2.05, 4.69) is 10.1 Å². The van der Waals surface area contributed by atoms with Gasteiger partial charge in [0.25, 0.3) is 0 Å². The zero-order valence-corrected chi connectivity index (χ0v) is 11.2. The van der Waals surface area contributed by atoms with E-state index in [0.717, 1.165) is 7.11 Å². The average molecular weight is 284 g/mol. The molecule has 1 aromatic rings. The maximum absolute atomic E-state index is 11.8. The van der Waals surface area contributed by atoms with Crippen LogP contribution >= 0.6 is 0 Å². The number of ether oxygens (including phenoxy) is 1. The number of hydrogen-bond donors (Lipinski definition) is 2. The highest BCUT2D eigenvalue weighted by Crippen LogP contribution is 2.04. The number of furan rings is 1. The molecule has 0 aromatic carbocycles. The van der Waals surface area contributed by atoms with Gasteiger partial charge in [-0.15, -0.1) is 0 Å². The van der Waals surface area contributed by atoms with E-state index in [9.17, 15) is 14.4 Å². The van der Waals surface area contributed by atoms with Gasteiger partial charge in [0.1, 0.15) is 11.8 Å². The van der Waals surface area contributed by atoms with Crippen molar-refractivity contribution in [3.63, 3.8) is 0 Å². The van der Waals surface area contributed by atoms with Crippen molar-refractivity contribution in [3.8, 4) is 0 Å². The van der Waals surface area contributed by atoms with Crippen LogP contribution in [0.25, 0.3) is 0 Å². The van der Waals surface area contributed by atoms with Gasteiger partial charge in [0.05, 0.1) is 26.3 Å². The van der Waals surface area contributed by atoms with Crippen molar-refractivity contribution in [3.05, 3.63) is 24.2 Å². The van der Waals surface area contributed by atoms with E-state index in [0.29, 0.717) is 5.76 Å². The molecular weight excluding hydrogens is 268 g/mol. The first-order valence-corrected chi connectivity index (χ1v) is 5.77. The van der Waals surface area contributed by atoms with Crippen LogP contribution in [0, 0.1) is 0 Å². The summed E-state index contributed by atoms with van der Waals surface area (Å²) in [6.07, 6.45) is 1.03. The zero-order chi connectivity index (χ0) is 15.1. The molecule has 0 spiro atoms. The summed E-state index contributed by atoms with van der Waals surface area (Å²) in [5.74, 6) is -1.47. The largest absolute Gasteiger partial charge is 0.480 e. The quantitative estimate of drug-likeness (QED) is 0.733. The Bertz CT molecular complexity index is 470. The molecule has 20 heavy (non-hydrogen) atoms. The van der Waals surface area contributed by atoms with E-state index in [-0.39, 0.29) is 6.54 Å². The second-order valence-corrected chi connectivity index (χ2v) is 4.06. The van der Waals surface area contributed by atoms with Gasteiger partial charge in [-0.05, 0) is 12.1 Å². The van der Waals surface area contributed by atoms with E-state index >= 15 is 0 Å². The molecule has 0 bridgehead atoms. The number of rotatable bonds is 6. The minimum atomic E-state index is -1.34. The van der Waals surface area contributed by atoms with Crippen molar-refractivity contribution in [1.29, 1.82) is 0 Å². The molecule has 1 rings (SSSR count). The summed E-state index contributed by atoms with van der Waals surface area (Å²) in [6.45, 7) is 0.184. The smallest absolute Gasteiger partial charge is 0.326 e. The van der Waals surface area contributed by atoms with E-state index < -0.39 is 30.4 Å². The molecule has 8 nitrogen and oxygen atoms in total. The maximum Gasteiger partial charge on any atom is 0.326 e. The number of methoxy groups -OCH3 is 1. The SMILES string of the molecule is COC(=O)C[C@H](NC(=O)N(C)Cc1ccco1)C(=O)O. The van der Waals surface area contributed by atoms with E-state index in [4.69, 9.17) is 9.52 Å². The summed E-state index contributed by atoms with van der Waals surface area (Å²) in [6, 6.07) is 1.40. The van der Waals surface area contributed by atoms with Crippen LogP contribution < -0.4 is 5.32 Å². The fourth-order valence-electron chi connectivity index (χ4n) is 1.42. The molecule has 0 unspecified atom stereocenters. The van der Waals surface area contributed by atoms with Crippen LogP contribution in [-0.4, -0.2) is 48.2 Å². The molecule has 0 aliphatic rings. The van der Waals surface area contributed by atoms with Gasteiger partial charge in [0.15, 0.2) is 0 Å². The third-order valence-electron chi connectivity index (χ3n) is 2.51. The van der Waals surface area contributed by atoms with Crippen molar-refractivity contribution < 1.29 is 28.6 Å². The Kier molecular flexibility index (Phi) is 5.57. The first kappa shape index (κ1) is 15.5. The highest BCUT2D eigenvalue weighted by molar-refractivity contribution is 5.86. The van der Waals surface area contributed by atoms with Gasteiger partial charge < -0.3 is 24.5 Å². The molecule has 1 heterocycles. The molecule has 0 saturated carbocycles. The summed E-state index contributed by atoms with van der Waals surface area (Å²) in [5, 5.41) is 11.2. The van der Waals surface area contributed by atoms with Crippen LogP contribution in [0.5, 0.6) is 0 Å². The van der Waals surface area contributed by atoms with Gasteiger partial charge in [0, 0.05) is 7.05 Å². The maximum atomic E-state index is 11.8. The number of urea groups is 1. The fraction of sp³-hybridized carbons (Fsp3) is 0.417. The van der Waals surface area contributed by atoms with Gasteiger partial charge >= 0.3 is 18.0 Å². The zero-order valence-electron chi connectivity index (χ0n) is 11.2. The van der Waals surface area contributed by atoms with Crippen LogP contribution in [0.1, 0.15) is 12.2 Å². The lowest BCUT2D eigenvalue weighted by Gasteiger charge is -2.20. The minimum Gasteiger partial charge on any atom is -0.480 e. The standard InChI is InChI=1S/C12H16N2O6/c1-14(7-8-4-3-5-20-8)12(18)13-9(11(16)17)6-10(15)19-2/h3-5,9H,6-7H2,1-2H3,(H,13,18)(H,16,17)/t9-/m0/s1. The van der Waals surface area contributed by atoms with Gasteiger partial charge in [-0.3, -0.25) is 4.79 Å². The third-order valence-corrected chi connectivity index (χ3v) is 2.51. The van der Waals surface area contributed by atoms with Crippen LogP contribution in [0.15, 0.2) is 22.8 Å². The first-order valence-electron chi connectivity index (χ1n) is 5.77. The highest BCUT2D eigenvalue weighted by Gasteiger charge is 2.25. The number of carbonyl (C=O) groups excluding carboxylic acids is 2. The highest BCUT2D eigenvalue weighted by atomic mass is 16.5. The molecule has 110 valence electrons. The van der Waals surface area contributed by atoms with Crippen LogP contribution in [0.2, 0.25) is 0 Å². The molecule has 2 amide bonds. The predicted molar refractivity (Wildman–Crippen MR) is 66.8 cm³/mol. The number of hydrogen-bond acceptors (Lipinski definition) is 5. The van der Waals surface area contributed by atoms with E-state index in [1.54, 1.807) is 12.1 Å². The van der Waals surface area contributed by atoms with E-state index in [1.165, 1.54) is 18.2 Å². The van der Waals surface area contributed by atoms with Gasteiger partial charge in [-0.1, -0.05) is 0 Å². The third kappa shape index (κ3) is 4.63. The number of carbonyl (C=O) groups is 3. The lowest BCUT2D eigenvalue weighted by atomic mass is 10.2. The number of nitrogens with zero attached hydrogens (tertiary/aromatic N) is 1. The fourth-order valence-corrected chi connectivity index (χ4v) is 1.42. The molecule has 0 saturated heterocycles. The van der Waals surface area contributed by atoms with Crippen molar-refractivity contribution in [2.75, 3.05) is 14.2 Å². The number of aliphatic carboxylic acids is 1. The number of nitrogens with one attached hydrogen (secondary N) is 1. The molecule has 1 atom stereocenters. The van der Waals surface area contributed by atoms with Gasteiger partial charge in [-0.25, -0.2) is 9.59 Å². The summed E-state index contributed by atoms with van der Waals surface area (Å²) >= 11 is 0. The monoisotopic (exact) mass is 284 g/mol. The normalized spacial score (nSPS) is 11.5. The van der Waals surface area contributed by atoms with E-state index in [1.807, 2.05) is 0 Å². The molecule has 8 heteroatoms. The molecule has 0 aliphatic carbocycles. The predicted octanol–water partition coefficient (Wildman–Crippen LogP) is 0.437. The van der Waals surface area contributed by atoms with Crippen LogP contribution in [-0.2, 0) is 20.9 Å². The lowest BCUT2D eigenvalue weighted by Crippen LogP contribution is -2.47. The molecule has 0 aliphatic heterocycles. The number of amides is 2. The second kappa shape index (κ2) is 7.17. The Morgan fingerprint density at radius 3 is 2.70 bits per heavy atom. The number of carboxylic acid groups (broad SMARTS) is 1. The summed E-state index contributed by atoms with van der Waals surface area (Å²) in [4.78, 5) is 35.1. The molecule has 0 radical (unpaired) electrons. The van der Waals surface area contributed by atoms with Crippen molar-refractivity contribution >= 4 is 18.0 Å². The van der Waals surface area contributed by atoms with Crippen molar-refractivity contribution in [2.24, 2.45) is 0 Å². The summed E-state index contributed by atoms with van der Waals surface area (Å²) < 4.78 is 9.45. The first-order chi connectivity index (χ1) is 9.43. The second-order valence-electron chi connectivity index (χ2n) is 4.06. The average Bonchev–Trinajstić information content (AvgIpc) is 2.90. The Morgan fingerprint density at radius 2 is 2.20 bits per heavy atom. The number of esters is 1. The summed E-state index contributed by atoms with van der Waals surface area (Å²) in [5.41, 5.74) is 0. The van der Waals surface area contributed by atoms with Gasteiger partial charge in [-0.2, -0.15) is 0 Å². The van der Waals surface area contributed by atoms with Crippen molar-refractivity contribution in [2.45, 2.75) is 19.0 Å². The molecule has 0 fully saturated rings.